The fourth-order valence-electron chi connectivity index (χ4n) is 1.65. The van der Waals surface area contributed by atoms with Gasteiger partial charge in [-0.3, -0.25) is 4.79 Å². The zero-order valence-corrected chi connectivity index (χ0v) is 10.00. The SMILES string of the molecule is C=Cc1ccc(Cl)c(C(=O)N(C)C2CC2)c1. The largest absolute Gasteiger partial charge is 0.339 e. The Morgan fingerprint density at radius 1 is 1.56 bits per heavy atom. The van der Waals surface area contributed by atoms with Gasteiger partial charge in [-0.25, -0.2) is 0 Å². The van der Waals surface area contributed by atoms with Gasteiger partial charge in [0.05, 0.1) is 10.6 Å². The van der Waals surface area contributed by atoms with Crippen molar-refractivity contribution in [2.45, 2.75) is 18.9 Å². The van der Waals surface area contributed by atoms with E-state index in [2.05, 4.69) is 6.58 Å². The summed E-state index contributed by atoms with van der Waals surface area (Å²) in [7, 11) is 1.83. The highest BCUT2D eigenvalue weighted by Gasteiger charge is 2.30. The third kappa shape index (κ3) is 2.12. The molecule has 0 bridgehead atoms. The van der Waals surface area contributed by atoms with Crippen molar-refractivity contribution in [1.82, 2.24) is 4.90 Å². The molecule has 1 fully saturated rings. The number of halogens is 1. The molecule has 0 unspecified atom stereocenters. The van der Waals surface area contributed by atoms with Gasteiger partial charge in [0.15, 0.2) is 0 Å². The lowest BCUT2D eigenvalue weighted by Crippen LogP contribution is -2.29. The molecule has 2 nitrogen and oxygen atoms in total. The second-order valence-electron chi connectivity index (χ2n) is 4.09. The number of hydrogen-bond donors (Lipinski definition) is 0. The molecule has 0 aromatic heterocycles. The zero-order valence-electron chi connectivity index (χ0n) is 9.24. The van der Waals surface area contributed by atoms with E-state index in [-0.39, 0.29) is 5.91 Å². The molecule has 16 heavy (non-hydrogen) atoms. The monoisotopic (exact) mass is 235 g/mol. The second kappa shape index (κ2) is 4.30. The average molecular weight is 236 g/mol. The molecule has 1 aromatic carbocycles. The molecule has 0 N–H and O–H groups in total. The highest BCUT2D eigenvalue weighted by atomic mass is 35.5. The van der Waals surface area contributed by atoms with Gasteiger partial charge in [0.2, 0.25) is 0 Å². The van der Waals surface area contributed by atoms with Crippen LogP contribution in [0.2, 0.25) is 5.02 Å². The highest BCUT2D eigenvalue weighted by molar-refractivity contribution is 6.33. The summed E-state index contributed by atoms with van der Waals surface area (Å²) in [4.78, 5) is 13.9. The molecular weight excluding hydrogens is 222 g/mol. The van der Waals surface area contributed by atoms with Gasteiger partial charge in [0.25, 0.3) is 5.91 Å². The summed E-state index contributed by atoms with van der Waals surface area (Å²) < 4.78 is 0. The van der Waals surface area contributed by atoms with Crippen molar-refractivity contribution in [3.8, 4) is 0 Å². The number of benzene rings is 1. The summed E-state index contributed by atoms with van der Waals surface area (Å²) in [6.07, 6.45) is 3.91. The quantitative estimate of drug-likeness (QED) is 0.788. The van der Waals surface area contributed by atoms with E-state index in [1.54, 1.807) is 23.1 Å². The van der Waals surface area contributed by atoms with Gasteiger partial charge in [-0.15, -0.1) is 0 Å². The fraction of sp³-hybridized carbons (Fsp3) is 0.308. The van der Waals surface area contributed by atoms with E-state index in [0.29, 0.717) is 16.6 Å². The Morgan fingerprint density at radius 3 is 2.81 bits per heavy atom. The molecule has 2 rings (SSSR count). The Hall–Kier alpha value is -1.28. The van der Waals surface area contributed by atoms with Crippen LogP contribution < -0.4 is 0 Å². The molecule has 0 atom stereocenters. The normalized spacial score (nSPS) is 14.6. The zero-order chi connectivity index (χ0) is 11.7. The predicted molar refractivity (Wildman–Crippen MR) is 66.7 cm³/mol. The van der Waals surface area contributed by atoms with Crippen molar-refractivity contribution < 1.29 is 4.79 Å². The third-order valence-electron chi connectivity index (χ3n) is 2.87. The molecule has 1 aromatic rings. The molecule has 0 radical (unpaired) electrons. The van der Waals surface area contributed by atoms with Crippen LogP contribution in [0.15, 0.2) is 24.8 Å². The van der Waals surface area contributed by atoms with Gasteiger partial charge < -0.3 is 4.90 Å². The van der Waals surface area contributed by atoms with Crippen LogP contribution in [0, 0.1) is 0 Å². The summed E-state index contributed by atoms with van der Waals surface area (Å²) in [5, 5.41) is 0.503. The topological polar surface area (TPSA) is 20.3 Å². The van der Waals surface area contributed by atoms with E-state index in [9.17, 15) is 4.79 Å². The van der Waals surface area contributed by atoms with E-state index >= 15 is 0 Å². The molecule has 3 heteroatoms. The lowest BCUT2D eigenvalue weighted by Gasteiger charge is -2.17. The standard InChI is InChI=1S/C13H14ClNO/c1-3-9-4-7-12(14)11(8-9)13(16)15(2)10-5-6-10/h3-4,7-8,10H,1,5-6H2,2H3. The van der Waals surface area contributed by atoms with Gasteiger partial charge in [-0.1, -0.05) is 30.3 Å². The number of rotatable bonds is 3. The van der Waals surface area contributed by atoms with Crippen LogP contribution in [0.25, 0.3) is 6.08 Å². The molecule has 0 saturated heterocycles. The van der Waals surface area contributed by atoms with Crippen LogP contribution >= 0.6 is 11.6 Å². The first-order valence-electron chi connectivity index (χ1n) is 5.32. The van der Waals surface area contributed by atoms with Gasteiger partial charge in [-0.2, -0.15) is 0 Å². The highest BCUT2D eigenvalue weighted by Crippen LogP contribution is 2.28. The summed E-state index contributed by atoms with van der Waals surface area (Å²) in [6, 6.07) is 5.78. The smallest absolute Gasteiger partial charge is 0.255 e. The second-order valence-corrected chi connectivity index (χ2v) is 4.50. The summed E-state index contributed by atoms with van der Waals surface area (Å²) >= 11 is 6.04. The minimum absolute atomic E-state index is 0.00352. The molecule has 0 spiro atoms. The van der Waals surface area contributed by atoms with E-state index < -0.39 is 0 Å². The number of nitrogens with zero attached hydrogens (tertiary/aromatic N) is 1. The van der Waals surface area contributed by atoms with Crippen LogP contribution in [0.5, 0.6) is 0 Å². The van der Waals surface area contributed by atoms with Gasteiger partial charge >= 0.3 is 0 Å². The molecule has 1 aliphatic carbocycles. The Morgan fingerprint density at radius 2 is 2.25 bits per heavy atom. The Kier molecular flexibility index (Phi) is 3.01. The van der Waals surface area contributed by atoms with E-state index in [4.69, 9.17) is 11.6 Å². The van der Waals surface area contributed by atoms with Gasteiger partial charge in [-0.05, 0) is 30.5 Å². The van der Waals surface area contributed by atoms with E-state index in [1.165, 1.54) is 0 Å². The molecule has 84 valence electrons. The summed E-state index contributed by atoms with van der Waals surface area (Å²) in [5.41, 5.74) is 1.48. The fourth-order valence-corrected chi connectivity index (χ4v) is 1.85. The first kappa shape index (κ1) is 11.2. The van der Waals surface area contributed by atoms with Gasteiger partial charge in [0, 0.05) is 13.1 Å². The van der Waals surface area contributed by atoms with Gasteiger partial charge in [0.1, 0.15) is 0 Å². The maximum atomic E-state index is 12.1. The average Bonchev–Trinajstić information content (AvgIpc) is 3.12. The lowest BCUT2D eigenvalue weighted by molar-refractivity contribution is 0.0785. The maximum absolute atomic E-state index is 12.1. The molecular formula is C13H14ClNO. The third-order valence-corrected chi connectivity index (χ3v) is 3.20. The first-order chi connectivity index (χ1) is 7.63. The van der Waals surface area contributed by atoms with Crippen molar-refractivity contribution >= 4 is 23.6 Å². The Balaban J connectivity index is 2.30. The lowest BCUT2D eigenvalue weighted by atomic mass is 10.1. The number of carbonyl (C=O) groups excluding carboxylic acids is 1. The first-order valence-corrected chi connectivity index (χ1v) is 5.70. The van der Waals surface area contributed by atoms with E-state index in [1.807, 2.05) is 13.1 Å². The number of carbonyl (C=O) groups is 1. The number of hydrogen-bond acceptors (Lipinski definition) is 1. The predicted octanol–water partition coefficient (Wildman–Crippen LogP) is 3.22. The summed E-state index contributed by atoms with van der Waals surface area (Å²) in [6.45, 7) is 3.69. The molecule has 1 aliphatic rings. The van der Waals surface area contributed by atoms with Crippen LogP contribution in [-0.2, 0) is 0 Å². The molecule has 0 heterocycles. The Bertz CT molecular complexity index is 438. The molecule has 1 amide bonds. The maximum Gasteiger partial charge on any atom is 0.255 e. The van der Waals surface area contributed by atoms with Crippen LogP contribution in [0.3, 0.4) is 0 Å². The number of amides is 1. The minimum Gasteiger partial charge on any atom is -0.339 e. The van der Waals surface area contributed by atoms with Crippen molar-refractivity contribution in [2.75, 3.05) is 7.05 Å². The summed E-state index contributed by atoms with van der Waals surface area (Å²) in [5.74, 6) is -0.00352. The van der Waals surface area contributed by atoms with Crippen LogP contribution in [-0.4, -0.2) is 23.9 Å². The van der Waals surface area contributed by atoms with Crippen LogP contribution in [0.4, 0.5) is 0 Å². The minimum atomic E-state index is -0.00352. The Labute approximate surface area is 101 Å². The van der Waals surface area contributed by atoms with Crippen molar-refractivity contribution in [2.24, 2.45) is 0 Å². The van der Waals surface area contributed by atoms with Crippen molar-refractivity contribution in [1.29, 1.82) is 0 Å². The molecule has 0 aliphatic heterocycles. The van der Waals surface area contributed by atoms with E-state index in [0.717, 1.165) is 18.4 Å². The van der Waals surface area contributed by atoms with Crippen LogP contribution in [0.1, 0.15) is 28.8 Å². The molecule has 1 saturated carbocycles. The van der Waals surface area contributed by atoms with Crippen molar-refractivity contribution in [3.63, 3.8) is 0 Å². The van der Waals surface area contributed by atoms with Crippen molar-refractivity contribution in [3.05, 3.63) is 40.9 Å².